The zero-order chi connectivity index (χ0) is 41.1. The topological polar surface area (TPSA) is 12.0 Å². The second kappa shape index (κ2) is 15.1. The second-order valence-electron chi connectivity index (χ2n) is 17.3. The maximum Gasteiger partial charge on any atom is 0.0719 e. The zero-order valence-corrected chi connectivity index (χ0v) is 35.3. The second-order valence-corrected chi connectivity index (χ2v) is 17.3. The number of nitrogens with one attached hydrogen (secondary N) is 1. The summed E-state index contributed by atoms with van der Waals surface area (Å²) in [4.78, 5) is 0. The molecule has 1 nitrogen and oxygen atoms in total. The lowest BCUT2D eigenvalue weighted by Crippen LogP contribution is -2.35. The SMILES string of the molecule is C=CC1=C(CCC)c2ccc(-c3ccc(NC/C=C\C(=C/C)c4ccc5c(c4)C4(c6ccccc6-5)c5ccc6c(c5Cc5c4ccc4ccccc54)C=CCC6)cc3)cc2C1. The summed E-state index contributed by atoms with van der Waals surface area (Å²) in [5.74, 6) is 0. The number of allylic oxidation sites excluding steroid dienone is 7. The Morgan fingerprint density at radius 3 is 2.36 bits per heavy atom. The molecule has 1 heteroatoms. The highest BCUT2D eigenvalue weighted by atomic mass is 14.8. The van der Waals surface area contributed by atoms with Crippen molar-refractivity contribution in [1.29, 1.82) is 0 Å². The average molecular weight is 786 g/mol. The molecular formula is C60H51N. The van der Waals surface area contributed by atoms with Gasteiger partial charge in [-0.2, -0.15) is 0 Å². The van der Waals surface area contributed by atoms with E-state index in [4.69, 9.17) is 0 Å². The summed E-state index contributed by atoms with van der Waals surface area (Å²) >= 11 is 0. The third kappa shape index (κ3) is 5.89. The van der Waals surface area contributed by atoms with E-state index in [0.717, 1.165) is 50.8 Å². The van der Waals surface area contributed by atoms with E-state index in [-0.39, 0.29) is 0 Å². The fraction of sp³-hybridized carbons (Fsp3) is 0.167. The first-order valence-corrected chi connectivity index (χ1v) is 22.3. The van der Waals surface area contributed by atoms with Crippen LogP contribution in [-0.2, 0) is 24.7 Å². The summed E-state index contributed by atoms with van der Waals surface area (Å²) in [6.07, 6.45) is 20.1. The minimum atomic E-state index is -0.422. The van der Waals surface area contributed by atoms with Crippen molar-refractivity contribution in [3.8, 4) is 22.3 Å². The number of hydrogen-bond acceptors (Lipinski definition) is 1. The predicted octanol–water partition coefficient (Wildman–Crippen LogP) is 15.1. The minimum absolute atomic E-state index is 0.422. The van der Waals surface area contributed by atoms with Gasteiger partial charge in [0, 0.05) is 12.2 Å². The van der Waals surface area contributed by atoms with Crippen LogP contribution in [0.4, 0.5) is 5.69 Å². The van der Waals surface area contributed by atoms with Crippen molar-refractivity contribution < 1.29 is 0 Å². The van der Waals surface area contributed by atoms with Crippen LogP contribution in [0, 0.1) is 0 Å². The Morgan fingerprint density at radius 1 is 0.705 bits per heavy atom. The molecule has 7 aromatic carbocycles. The average Bonchev–Trinajstić information content (AvgIpc) is 3.81. The first-order valence-electron chi connectivity index (χ1n) is 22.3. The molecule has 1 unspecified atom stereocenters. The molecule has 0 radical (unpaired) electrons. The molecule has 4 aliphatic rings. The Balaban J connectivity index is 0.912. The first kappa shape index (κ1) is 37.3. The highest BCUT2D eigenvalue weighted by Crippen LogP contribution is 2.61. The Morgan fingerprint density at radius 2 is 1.49 bits per heavy atom. The summed E-state index contributed by atoms with van der Waals surface area (Å²) in [5, 5.41) is 6.33. The van der Waals surface area contributed by atoms with E-state index >= 15 is 0 Å². The van der Waals surface area contributed by atoms with Gasteiger partial charge in [0.25, 0.3) is 0 Å². The van der Waals surface area contributed by atoms with Gasteiger partial charge in [-0.1, -0.05) is 172 Å². The number of hydrogen-bond donors (Lipinski definition) is 1. The fourth-order valence-corrected chi connectivity index (χ4v) is 11.3. The van der Waals surface area contributed by atoms with E-state index in [9.17, 15) is 0 Å². The monoisotopic (exact) mass is 785 g/mol. The molecule has 61 heavy (non-hydrogen) atoms. The molecule has 7 aromatic rings. The van der Waals surface area contributed by atoms with Gasteiger partial charge in [0.2, 0.25) is 0 Å². The van der Waals surface area contributed by atoms with Gasteiger partial charge in [-0.15, -0.1) is 0 Å². The quantitative estimate of drug-likeness (QED) is 0.144. The number of anilines is 1. The summed E-state index contributed by atoms with van der Waals surface area (Å²) in [5.41, 5.74) is 25.6. The molecule has 0 saturated heterocycles. The van der Waals surface area contributed by atoms with E-state index < -0.39 is 5.41 Å². The molecule has 0 aromatic heterocycles. The molecule has 0 heterocycles. The van der Waals surface area contributed by atoms with Crippen molar-refractivity contribution >= 4 is 33.7 Å². The zero-order valence-electron chi connectivity index (χ0n) is 35.3. The molecule has 0 aliphatic heterocycles. The lowest BCUT2D eigenvalue weighted by molar-refractivity contribution is 0.722. The van der Waals surface area contributed by atoms with Gasteiger partial charge in [0.05, 0.1) is 5.41 Å². The minimum Gasteiger partial charge on any atom is -0.382 e. The van der Waals surface area contributed by atoms with Gasteiger partial charge in [0.15, 0.2) is 0 Å². The third-order valence-electron chi connectivity index (χ3n) is 14.1. The Kier molecular flexibility index (Phi) is 9.23. The molecule has 296 valence electrons. The molecule has 0 bridgehead atoms. The van der Waals surface area contributed by atoms with Crippen molar-refractivity contribution in [2.45, 2.75) is 57.8 Å². The highest BCUT2D eigenvalue weighted by molar-refractivity contribution is 5.95. The summed E-state index contributed by atoms with van der Waals surface area (Å²) < 4.78 is 0. The van der Waals surface area contributed by atoms with Crippen LogP contribution in [0.2, 0.25) is 0 Å². The lowest BCUT2D eigenvalue weighted by atomic mass is 9.60. The van der Waals surface area contributed by atoms with E-state index in [0.29, 0.717) is 0 Å². The molecule has 0 amide bonds. The van der Waals surface area contributed by atoms with Crippen LogP contribution < -0.4 is 5.32 Å². The van der Waals surface area contributed by atoms with Crippen molar-refractivity contribution in [1.82, 2.24) is 0 Å². The number of aryl methyl sites for hydroxylation is 1. The summed E-state index contributed by atoms with van der Waals surface area (Å²) in [6.45, 7) is 9.26. The van der Waals surface area contributed by atoms with E-state index in [1.807, 2.05) is 0 Å². The molecule has 4 aliphatic carbocycles. The molecule has 1 atom stereocenters. The smallest absolute Gasteiger partial charge is 0.0719 e. The summed E-state index contributed by atoms with van der Waals surface area (Å²) in [7, 11) is 0. The molecule has 0 fully saturated rings. The largest absolute Gasteiger partial charge is 0.382 e. The van der Waals surface area contributed by atoms with Gasteiger partial charge < -0.3 is 5.32 Å². The molecule has 11 rings (SSSR count). The van der Waals surface area contributed by atoms with Crippen LogP contribution in [0.25, 0.3) is 50.2 Å². The maximum atomic E-state index is 4.10. The maximum absolute atomic E-state index is 4.10. The van der Waals surface area contributed by atoms with Crippen molar-refractivity contribution in [2.75, 3.05) is 11.9 Å². The van der Waals surface area contributed by atoms with Crippen LogP contribution in [0.15, 0.2) is 176 Å². The lowest BCUT2D eigenvalue weighted by Gasteiger charge is -2.42. The Hall–Kier alpha value is -6.70. The van der Waals surface area contributed by atoms with Gasteiger partial charge in [-0.25, -0.2) is 0 Å². The van der Waals surface area contributed by atoms with Crippen LogP contribution in [0.1, 0.15) is 94.3 Å². The van der Waals surface area contributed by atoms with Gasteiger partial charge >= 0.3 is 0 Å². The highest BCUT2D eigenvalue weighted by Gasteiger charge is 2.50. The molecule has 1 N–H and O–H groups in total. The fourth-order valence-electron chi connectivity index (χ4n) is 11.3. The van der Waals surface area contributed by atoms with Crippen LogP contribution in [-0.4, -0.2) is 6.54 Å². The summed E-state index contributed by atoms with van der Waals surface area (Å²) in [6, 6.07) is 51.0. The van der Waals surface area contributed by atoms with Gasteiger partial charge in [0.1, 0.15) is 0 Å². The normalized spacial score (nSPS) is 17.0. The van der Waals surface area contributed by atoms with Crippen LogP contribution >= 0.6 is 0 Å². The first-order chi connectivity index (χ1) is 30.1. The van der Waals surface area contributed by atoms with Crippen molar-refractivity contribution in [2.24, 2.45) is 0 Å². The molecule has 0 saturated carbocycles. The number of benzene rings is 7. The van der Waals surface area contributed by atoms with E-state index in [2.05, 4.69) is 196 Å². The number of fused-ring (bicyclic) bond motifs is 14. The molecular weight excluding hydrogens is 735 g/mol. The van der Waals surface area contributed by atoms with E-state index in [1.165, 1.54) is 111 Å². The predicted molar refractivity (Wildman–Crippen MR) is 260 cm³/mol. The van der Waals surface area contributed by atoms with Crippen LogP contribution in [0.5, 0.6) is 0 Å². The molecule has 1 spiro atoms. The standard InChI is InChI=1S/C60H51N/c1-4-14-48-40(6-3)35-46-36-44(24-30-51(46)48)41-22-28-47(29-23-41)61-34-13-17-39(5-2)45-25-31-53-52-20-11-12-21-56(52)60(59(53)37-45)57-32-26-42-15-7-9-18-49(42)54(57)38-55-50-19-10-8-16-43(50)27-33-58(55)60/h5-7,9-13,15,17-33,36-37,61H,3-4,8,14,16,34-35,38H2,1-2H3/b17-13-,39-5+. The third-order valence-corrected chi connectivity index (χ3v) is 14.1. The Labute approximate surface area is 361 Å². The Bertz CT molecular complexity index is 3050. The van der Waals surface area contributed by atoms with Crippen molar-refractivity contribution in [3.05, 3.63) is 237 Å². The van der Waals surface area contributed by atoms with Crippen molar-refractivity contribution in [3.63, 3.8) is 0 Å². The van der Waals surface area contributed by atoms with Crippen LogP contribution in [0.3, 0.4) is 0 Å². The van der Waals surface area contributed by atoms with Gasteiger partial charge in [-0.3, -0.25) is 0 Å². The van der Waals surface area contributed by atoms with E-state index in [1.54, 1.807) is 0 Å². The number of rotatable bonds is 9. The van der Waals surface area contributed by atoms with Gasteiger partial charge in [-0.05, 0) is 168 Å².